The van der Waals surface area contributed by atoms with Crippen LogP contribution < -0.4 is 4.90 Å². The number of anilines is 1. The normalized spacial score (nSPS) is 18.5. The summed E-state index contributed by atoms with van der Waals surface area (Å²) in [4.78, 5) is 27.9. The standard InChI is InChI=1S/C19H28N2O4S/c1-5-16-8-6-7-14(2)19(16)21(15(3)22)11-9-18(23)20(4)17-10-12-26(24,25)13-17/h6-8,17H,5,9-13H2,1-4H3. The lowest BCUT2D eigenvalue weighted by molar-refractivity contribution is -0.131. The highest BCUT2D eigenvalue weighted by Crippen LogP contribution is 2.26. The lowest BCUT2D eigenvalue weighted by atomic mass is 10.0. The molecule has 1 aliphatic rings. The molecule has 1 fully saturated rings. The Balaban J connectivity index is 2.10. The zero-order valence-electron chi connectivity index (χ0n) is 16.0. The van der Waals surface area contributed by atoms with Crippen molar-refractivity contribution in [1.29, 1.82) is 0 Å². The molecule has 0 bridgehead atoms. The summed E-state index contributed by atoms with van der Waals surface area (Å²) in [6, 6.07) is 5.66. The summed E-state index contributed by atoms with van der Waals surface area (Å²) in [5.41, 5.74) is 2.95. The van der Waals surface area contributed by atoms with Crippen LogP contribution in [0.25, 0.3) is 0 Å². The highest BCUT2D eigenvalue weighted by molar-refractivity contribution is 7.91. The van der Waals surface area contributed by atoms with E-state index in [1.165, 1.54) is 11.8 Å². The average Bonchev–Trinajstić information content (AvgIpc) is 2.94. The van der Waals surface area contributed by atoms with Gasteiger partial charge >= 0.3 is 0 Å². The highest BCUT2D eigenvalue weighted by Gasteiger charge is 2.32. The van der Waals surface area contributed by atoms with Crippen LogP contribution in [-0.4, -0.2) is 56.3 Å². The topological polar surface area (TPSA) is 74.8 Å². The number of nitrogens with zero attached hydrogens (tertiary/aromatic N) is 2. The first kappa shape index (κ1) is 20.4. The molecule has 0 radical (unpaired) electrons. The Labute approximate surface area is 156 Å². The number of amides is 2. The van der Waals surface area contributed by atoms with E-state index in [0.29, 0.717) is 6.42 Å². The van der Waals surface area contributed by atoms with Gasteiger partial charge in [-0.2, -0.15) is 0 Å². The lowest BCUT2D eigenvalue weighted by Crippen LogP contribution is -2.40. The minimum Gasteiger partial charge on any atom is -0.342 e. The van der Waals surface area contributed by atoms with Gasteiger partial charge < -0.3 is 9.80 Å². The molecule has 0 spiro atoms. The largest absolute Gasteiger partial charge is 0.342 e. The van der Waals surface area contributed by atoms with Gasteiger partial charge in [-0.3, -0.25) is 9.59 Å². The molecule has 26 heavy (non-hydrogen) atoms. The molecular weight excluding hydrogens is 352 g/mol. The molecule has 1 aromatic carbocycles. The minimum absolute atomic E-state index is 0.0312. The Bertz CT molecular complexity index is 789. The summed E-state index contributed by atoms with van der Waals surface area (Å²) in [6.45, 7) is 5.79. The number of carbonyl (C=O) groups excluding carboxylic acids is 2. The maximum Gasteiger partial charge on any atom is 0.224 e. The van der Waals surface area contributed by atoms with E-state index in [2.05, 4.69) is 0 Å². The molecule has 1 heterocycles. The first-order valence-corrected chi connectivity index (χ1v) is 10.8. The van der Waals surface area contributed by atoms with Crippen molar-refractivity contribution in [2.75, 3.05) is 30.0 Å². The summed E-state index contributed by atoms with van der Waals surface area (Å²) in [6.07, 6.45) is 1.46. The van der Waals surface area contributed by atoms with E-state index in [9.17, 15) is 18.0 Å². The Kier molecular flexibility index (Phi) is 6.44. The van der Waals surface area contributed by atoms with Gasteiger partial charge in [0.25, 0.3) is 0 Å². The molecule has 1 aromatic rings. The predicted octanol–water partition coefficient (Wildman–Crippen LogP) is 1.95. The summed E-state index contributed by atoms with van der Waals surface area (Å²) in [5.74, 6) is -0.0701. The van der Waals surface area contributed by atoms with Crippen molar-refractivity contribution in [3.05, 3.63) is 29.3 Å². The number of carbonyl (C=O) groups is 2. The number of sulfone groups is 1. The van der Waals surface area contributed by atoms with Gasteiger partial charge in [0.2, 0.25) is 11.8 Å². The van der Waals surface area contributed by atoms with E-state index >= 15 is 0 Å². The van der Waals surface area contributed by atoms with Gasteiger partial charge in [0.15, 0.2) is 9.84 Å². The number of hydrogen-bond acceptors (Lipinski definition) is 4. The number of rotatable bonds is 6. The van der Waals surface area contributed by atoms with E-state index in [1.807, 2.05) is 32.0 Å². The zero-order chi connectivity index (χ0) is 19.5. The van der Waals surface area contributed by atoms with Crippen molar-refractivity contribution in [3.8, 4) is 0 Å². The molecule has 1 atom stereocenters. The van der Waals surface area contributed by atoms with Crippen molar-refractivity contribution < 1.29 is 18.0 Å². The zero-order valence-corrected chi connectivity index (χ0v) is 16.8. The van der Waals surface area contributed by atoms with Gasteiger partial charge in [-0.15, -0.1) is 0 Å². The number of benzene rings is 1. The minimum atomic E-state index is -3.03. The van der Waals surface area contributed by atoms with E-state index < -0.39 is 9.84 Å². The first-order chi connectivity index (χ1) is 12.2. The Morgan fingerprint density at radius 1 is 1.27 bits per heavy atom. The average molecular weight is 381 g/mol. The van der Waals surface area contributed by atoms with Gasteiger partial charge in [0.05, 0.1) is 11.5 Å². The van der Waals surface area contributed by atoms with Crippen LogP contribution in [0.1, 0.15) is 37.8 Å². The van der Waals surface area contributed by atoms with E-state index in [4.69, 9.17) is 0 Å². The molecule has 2 rings (SSSR count). The SMILES string of the molecule is CCc1cccc(C)c1N(CCC(=O)N(C)C1CCS(=O)(=O)C1)C(C)=O. The molecule has 0 aromatic heterocycles. The Morgan fingerprint density at radius 2 is 1.96 bits per heavy atom. The molecule has 1 aliphatic heterocycles. The number of aryl methyl sites for hydroxylation is 2. The van der Waals surface area contributed by atoms with Crippen molar-refractivity contribution in [2.45, 2.75) is 46.1 Å². The molecule has 0 aliphatic carbocycles. The van der Waals surface area contributed by atoms with Crippen molar-refractivity contribution in [2.24, 2.45) is 0 Å². The molecule has 144 valence electrons. The summed E-state index contributed by atoms with van der Waals surface area (Å²) >= 11 is 0. The van der Waals surface area contributed by atoms with Crippen molar-refractivity contribution in [3.63, 3.8) is 0 Å². The van der Waals surface area contributed by atoms with Crippen LogP contribution in [-0.2, 0) is 25.8 Å². The van der Waals surface area contributed by atoms with Crippen LogP contribution in [0.2, 0.25) is 0 Å². The van der Waals surface area contributed by atoms with Gasteiger partial charge in [-0.05, 0) is 30.9 Å². The smallest absolute Gasteiger partial charge is 0.224 e. The summed E-state index contributed by atoms with van der Waals surface area (Å²) in [7, 11) is -1.38. The third-order valence-corrected chi connectivity index (χ3v) is 6.80. The van der Waals surface area contributed by atoms with Crippen LogP contribution in [0.15, 0.2) is 18.2 Å². The fourth-order valence-corrected chi connectivity index (χ4v) is 5.26. The van der Waals surface area contributed by atoms with Gasteiger partial charge in [-0.1, -0.05) is 25.1 Å². The van der Waals surface area contributed by atoms with E-state index in [0.717, 1.165) is 23.2 Å². The third kappa shape index (κ3) is 4.63. The van der Waals surface area contributed by atoms with Gasteiger partial charge in [-0.25, -0.2) is 8.42 Å². The second-order valence-corrected chi connectivity index (χ2v) is 9.15. The molecule has 2 amide bonds. The Hall–Kier alpha value is -1.89. The fourth-order valence-electron chi connectivity index (χ4n) is 3.49. The molecule has 0 saturated carbocycles. The molecule has 0 N–H and O–H groups in total. The second-order valence-electron chi connectivity index (χ2n) is 6.92. The summed E-state index contributed by atoms with van der Waals surface area (Å²) in [5, 5.41) is 0. The molecule has 6 nitrogen and oxygen atoms in total. The molecular formula is C19H28N2O4S. The van der Waals surface area contributed by atoms with Gasteiger partial charge in [0.1, 0.15) is 0 Å². The molecule has 1 unspecified atom stereocenters. The van der Waals surface area contributed by atoms with Gasteiger partial charge in [0, 0.05) is 38.7 Å². The van der Waals surface area contributed by atoms with Crippen LogP contribution >= 0.6 is 0 Å². The second kappa shape index (κ2) is 8.20. The first-order valence-electron chi connectivity index (χ1n) is 8.99. The quantitative estimate of drug-likeness (QED) is 0.756. The van der Waals surface area contributed by atoms with Crippen LogP contribution in [0.3, 0.4) is 0 Å². The van der Waals surface area contributed by atoms with E-state index in [-0.39, 0.29) is 42.3 Å². The molecule has 7 heteroatoms. The van der Waals surface area contributed by atoms with E-state index in [1.54, 1.807) is 11.9 Å². The van der Waals surface area contributed by atoms with Crippen molar-refractivity contribution in [1.82, 2.24) is 4.90 Å². The third-order valence-electron chi connectivity index (χ3n) is 5.05. The van der Waals surface area contributed by atoms with Crippen LogP contribution in [0, 0.1) is 6.92 Å². The maximum atomic E-state index is 12.5. The monoisotopic (exact) mass is 380 g/mol. The highest BCUT2D eigenvalue weighted by atomic mass is 32.2. The van der Waals surface area contributed by atoms with Crippen LogP contribution in [0.4, 0.5) is 5.69 Å². The Morgan fingerprint density at radius 3 is 2.50 bits per heavy atom. The fraction of sp³-hybridized carbons (Fsp3) is 0.579. The van der Waals surface area contributed by atoms with Crippen LogP contribution in [0.5, 0.6) is 0 Å². The summed E-state index contributed by atoms with van der Waals surface area (Å²) < 4.78 is 23.3. The molecule has 1 saturated heterocycles. The van der Waals surface area contributed by atoms with Crippen molar-refractivity contribution >= 4 is 27.3 Å². The lowest BCUT2D eigenvalue weighted by Gasteiger charge is -2.28. The number of para-hydroxylation sites is 1. The number of hydrogen-bond donors (Lipinski definition) is 0. The predicted molar refractivity (Wildman–Crippen MR) is 103 cm³/mol. The maximum absolute atomic E-state index is 12.5.